The molecule has 0 bridgehead atoms. The normalized spacial score (nSPS) is 12.7. The maximum Gasteiger partial charge on any atom is 0.146 e. The van der Waals surface area contributed by atoms with Crippen molar-refractivity contribution in [2.24, 2.45) is 0 Å². The largest absolute Gasteiger partial charge is 0.146 e. The van der Waals surface area contributed by atoms with Crippen LogP contribution >= 0.6 is 0 Å². The van der Waals surface area contributed by atoms with Gasteiger partial charge in [0.05, 0.1) is 0 Å². The Hall–Kier alpha value is -3.01. The molecule has 0 saturated heterocycles. The number of benzene rings is 3. The topological polar surface area (TPSA) is 0 Å². The van der Waals surface area contributed by atoms with E-state index in [1.165, 1.54) is 16.7 Å². The average molecular weight is 785 g/mol. The van der Waals surface area contributed by atoms with Crippen LogP contribution in [0.25, 0.3) is 0 Å². The van der Waals surface area contributed by atoms with Crippen LogP contribution in [0, 0.1) is 34.4 Å². The molecule has 0 aliphatic rings. The fourth-order valence-electron chi connectivity index (χ4n) is 10.7. The summed E-state index contributed by atoms with van der Waals surface area (Å²) >= 11 is 0. The Morgan fingerprint density at radius 3 is 0.582 bits per heavy atom. The Labute approximate surface area is 343 Å². The number of hydrogen-bond acceptors (Lipinski definition) is 0. The summed E-state index contributed by atoms with van der Waals surface area (Å²) in [5.74, 6) is 11.1. The van der Waals surface area contributed by atoms with Gasteiger partial charge in [-0.25, -0.2) is 0 Å². The summed E-state index contributed by atoms with van der Waals surface area (Å²) in [5, 5.41) is 0. The van der Waals surface area contributed by atoms with Gasteiger partial charge in [-0.05, 0) is 103 Å². The molecule has 0 heterocycles. The molecule has 0 fully saturated rings. The fourth-order valence-corrected chi connectivity index (χ4v) is 26.4. The van der Waals surface area contributed by atoms with E-state index in [0.717, 1.165) is 16.7 Å². The third-order valence-corrected chi connectivity index (χ3v) is 32.5. The van der Waals surface area contributed by atoms with E-state index in [2.05, 4.69) is 232 Å². The van der Waals surface area contributed by atoms with Crippen molar-refractivity contribution in [3.05, 3.63) is 106 Å². The zero-order chi connectivity index (χ0) is 41.5. The molecule has 0 spiro atoms. The van der Waals surface area contributed by atoms with Crippen molar-refractivity contribution >= 4 is 24.2 Å². The SMILES string of the molecule is CC(C)[Si](C#Cc1ccc(C(c2ccc(C#C[Si](C(C)C)(C(C)C)C(C)C)cc2)c2ccc(C#C[Si](C(C)C)(C(C)C)C(C)C)cc2)cc1)(C(C)C)C(C)C. The molecular formula is C52H76Si3. The van der Waals surface area contributed by atoms with Gasteiger partial charge in [-0.15, -0.1) is 16.6 Å². The Kier molecular flexibility index (Phi) is 16.4. The second kappa shape index (κ2) is 19.4. The first-order valence-electron chi connectivity index (χ1n) is 21.6. The molecule has 0 amide bonds. The highest BCUT2D eigenvalue weighted by Crippen LogP contribution is 2.43. The molecule has 3 aromatic carbocycles. The first-order chi connectivity index (χ1) is 25.7. The average Bonchev–Trinajstić information content (AvgIpc) is 3.09. The van der Waals surface area contributed by atoms with Crippen LogP contribution in [0.1, 0.15) is 164 Å². The summed E-state index contributed by atoms with van der Waals surface area (Å²) in [7, 11) is -5.45. The Balaban J connectivity index is 2.15. The molecule has 296 valence electrons. The van der Waals surface area contributed by atoms with Crippen LogP contribution in [0.2, 0.25) is 49.9 Å². The van der Waals surface area contributed by atoms with Gasteiger partial charge in [-0.1, -0.05) is 179 Å². The van der Waals surface area contributed by atoms with E-state index in [-0.39, 0.29) is 5.92 Å². The van der Waals surface area contributed by atoms with Gasteiger partial charge in [-0.3, -0.25) is 0 Å². The van der Waals surface area contributed by atoms with Crippen molar-refractivity contribution in [2.45, 2.75) is 180 Å². The lowest BCUT2D eigenvalue weighted by Crippen LogP contribution is -2.43. The van der Waals surface area contributed by atoms with Crippen molar-refractivity contribution < 1.29 is 0 Å². The molecule has 0 saturated carbocycles. The first kappa shape index (κ1) is 46.4. The predicted molar refractivity (Wildman–Crippen MR) is 254 cm³/mol. The van der Waals surface area contributed by atoms with Gasteiger partial charge in [0.1, 0.15) is 24.2 Å². The minimum atomic E-state index is -1.82. The van der Waals surface area contributed by atoms with Crippen molar-refractivity contribution in [3.8, 4) is 34.4 Å². The van der Waals surface area contributed by atoms with Crippen LogP contribution in [0.5, 0.6) is 0 Å². The lowest BCUT2D eigenvalue weighted by molar-refractivity contribution is 0.838. The van der Waals surface area contributed by atoms with Crippen molar-refractivity contribution in [1.29, 1.82) is 0 Å². The molecule has 55 heavy (non-hydrogen) atoms. The highest BCUT2D eigenvalue weighted by molar-refractivity contribution is 6.91. The van der Waals surface area contributed by atoms with Crippen LogP contribution in [-0.4, -0.2) is 24.2 Å². The molecule has 3 aromatic rings. The highest BCUT2D eigenvalue weighted by Gasteiger charge is 2.43. The van der Waals surface area contributed by atoms with E-state index in [0.29, 0.717) is 49.9 Å². The minimum Gasteiger partial charge on any atom is -0.125 e. The second-order valence-corrected chi connectivity index (χ2v) is 36.0. The van der Waals surface area contributed by atoms with Crippen LogP contribution in [0.15, 0.2) is 72.8 Å². The van der Waals surface area contributed by atoms with Crippen LogP contribution in [0.3, 0.4) is 0 Å². The Morgan fingerprint density at radius 2 is 0.436 bits per heavy atom. The summed E-state index contributed by atoms with van der Waals surface area (Å²) in [6, 6.07) is 27.3. The van der Waals surface area contributed by atoms with Gasteiger partial charge in [0.25, 0.3) is 0 Å². The number of hydrogen-bond donors (Lipinski definition) is 0. The molecule has 0 aliphatic heterocycles. The van der Waals surface area contributed by atoms with Crippen LogP contribution in [-0.2, 0) is 0 Å². The molecule has 0 radical (unpaired) electrons. The monoisotopic (exact) mass is 785 g/mol. The lowest BCUT2D eigenvalue weighted by Gasteiger charge is -2.38. The van der Waals surface area contributed by atoms with Crippen LogP contribution in [0.4, 0.5) is 0 Å². The molecule has 0 nitrogen and oxygen atoms in total. The van der Waals surface area contributed by atoms with E-state index in [1.54, 1.807) is 0 Å². The van der Waals surface area contributed by atoms with Crippen LogP contribution < -0.4 is 0 Å². The smallest absolute Gasteiger partial charge is 0.125 e. The van der Waals surface area contributed by atoms with E-state index in [9.17, 15) is 0 Å². The standard InChI is InChI=1S/C52H76Si3/c1-37(2)53(38(3)4,39(5)6)34-31-46-19-25-49(26-20-46)52(50-27-21-47(22-28-50)32-35-54(40(7)8,41(9)10)42(11)12)51-29-23-48(24-30-51)33-36-55(43(13)14,44(15)16)45(17)18/h19-30,37-45,52H,1-18H3. The van der Waals surface area contributed by atoms with E-state index >= 15 is 0 Å². The number of rotatable bonds is 12. The molecule has 0 unspecified atom stereocenters. The zero-order valence-corrected chi connectivity index (χ0v) is 41.2. The molecular weight excluding hydrogens is 709 g/mol. The Morgan fingerprint density at radius 1 is 0.273 bits per heavy atom. The van der Waals surface area contributed by atoms with E-state index in [1.807, 2.05) is 0 Å². The maximum atomic E-state index is 3.93. The third kappa shape index (κ3) is 9.93. The molecule has 3 heteroatoms. The third-order valence-electron chi connectivity index (χ3n) is 13.6. The lowest BCUT2D eigenvalue weighted by atomic mass is 9.84. The van der Waals surface area contributed by atoms with Gasteiger partial charge in [0.15, 0.2) is 0 Å². The summed E-state index contributed by atoms with van der Waals surface area (Å²) in [6.07, 6.45) is 0. The molecule has 0 aliphatic carbocycles. The minimum absolute atomic E-state index is 0.0902. The summed E-state index contributed by atoms with van der Waals surface area (Å²) in [4.78, 5) is 0. The summed E-state index contributed by atoms with van der Waals surface area (Å²) < 4.78 is 0. The molecule has 0 N–H and O–H groups in total. The summed E-state index contributed by atoms with van der Waals surface area (Å²) in [6.45, 7) is 42.9. The van der Waals surface area contributed by atoms with Crippen molar-refractivity contribution in [3.63, 3.8) is 0 Å². The van der Waals surface area contributed by atoms with Gasteiger partial charge in [0.2, 0.25) is 0 Å². The van der Waals surface area contributed by atoms with Gasteiger partial charge < -0.3 is 0 Å². The van der Waals surface area contributed by atoms with E-state index < -0.39 is 24.2 Å². The Bertz CT molecular complexity index is 1560. The zero-order valence-electron chi connectivity index (χ0n) is 38.2. The maximum absolute atomic E-state index is 3.93. The second-order valence-electron chi connectivity index (χ2n) is 19.2. The molecule has 0 aromatic heterocycles. The fraction of sp³-hybridized carbons (Fsp3) is 0.538. The molecule has 0 atom stereocenters. The van der Waals surface area contributed by atoms with Crippen molar-refractivity contribution in [1.82, 2.24) is 0 Å². The van der Waals surface area contributed by atoms with Crippen molar-refractivity contribution in [2.75, 3.05) is 0 Å². The van der Waals surface area contributed by atoms with E-state index in [4.69, 9.17) is 0 Å². The van der Waals surface area contributed by atoms with Gasteiger partial charge in [-0.2, -0.15) is 0 Å². The molecule has 3 rings (SSSR count). The van der Waals surface area contributed by atoms with Gasteiger partial charge >= 0.3 is 0 Å². The van der Waals surface area contributed by atoms with Gasteiger partial charge in [0, 0.05) is 22.6 Å². The predicted octanol–water partition coefficient (Wildman–Crippen LogP) is 15.6. The highest BCUT2D eigenvalue weighted by atomic mass is 28.3. The summed E-state index contributed by atoms with van der Waals surface area (Å²) in [5.41, 5.74) is 24.5. The first-order valence-corrected chi connectivity index (χ1v) is 28.3. The quantitative estimate of drug-likeness (QED) is 0.0975.